The maximum Gasteiger partial charge on any atom is 0.329 e. The summed E-state index contributed by atoms with van der Waals surface area (Å²) in [7, 11) is 1.36. The number of esters is 1. The van der Waals surface area contributed by atoms with Crippen LogP contribution in [0.3, 0.4) is 0 Å². The number of aliphatic hydroxyl groups excluding tert-OH is 1. The Morgan fingerprint density at radius 3 is 2.15 bits per heavy atom. The van der Waals surface area contributed by atoms with Crippen LogP contribution >= 0.6 is 0 Å². The lowest BCUT2D eigenvalue weighted by Crippen LogP contribution is -2.65. The van der Waals surface area contributed by atoms with Crippen molar-refractivity contribution in [1.82, 2.24) is 36.4 Å². The Bertz CT molecular complexity index is 1910. The van der Waals surface area contributed by atoms with Gasteiger partial charge in [-0.05, 0) is 94.4 Å². The van der Waals surface area contributed by atoms with Gasteiger partial charge in [-0.25, -0.2) is 4.79 Å². The van der Waals surface area contributed by atoms with Crippen molar-refractivity contribution < 1.29 is 63.2 Å². The molecule has 9 atom stereocenters. The van der Waals surface area contributed by atoms with Gasteiger partial charge in [0.05, 0.1) is 0 Å². The molecule has 2 bridgehead atoms. The van der Waals surface area contributed by atoms with Crippen molar-refractivity contribution in [2.75, 3.05) is 13.6 Å². The number of aliphatic hydroxyl groups is 1. The van der Waals surface area contributed by atoms with Gasteiger partial charge in [-0.1, -0.05) is 59.6 Å². The van der Waals surface area contributed by atoms with Crippen molar-refractivity contribution in [3.05, 3.63) is 29.8 Å². The number of hydrogen-bond donors (Lipinski definition) is 9. The molecule has 0 saturated carbocycles. The normalized spacial score (nSPS) is 25.0. The molecule has 1 aromatic rings. The molecule has 21 nitrogen and oxygen atoms in total. The highest BCUT2D eigenvalue weighted by Gasteiger charge is 2.46. The number of hydrogen-bond acceptors (Lipinski definition) is 13. The zero-order valence-corrected chi connectivity index (χ0v) is 40.5. The highest BCUT2D eigenvalue weighted by Crippen LogP contribution is 2.26. The van der Waals surface area contributed by atoms with E-state index in [0.717, 1.165) is 22.6 Å². The zero-order chi connectivity index (χ0) is 50.8. The van der Waals surface area contributed by atoms with Gasteiger partial charge in [0, 0.05) is 26.3 Å². The minimum atomic E-state index is -1.78. The first-order chi connectivity index (χ1) is 32.1. The Morgan fingerprint density at radius 2 is 1.54 bits per heavy atom. The highest BCUT2D eigenvalue weighted by molar-refractivity contribution is 5.98. The van der Waals surface area contributed by atoms with Crippen LogP contribution in [0.5, 0.6) is 5.75 Å². The molecule has 0 aliphatic carbocycles. The molecule has 0 aromatic heterocycles. The van der Waals surface area contributed by atoms with Gasteiger partial charge in [-0.15, -0.1) is 0 Å². The van der Waals surface area contributed by atoms with Gasteiger partial charge in [0.25, 0.3) is 0 Å². The molecular weight excluding hydrogens is 885 g/mol. The number of carboxylic acids is 1. The minimum absolute atomic E-state index is 0.00492. The molecule has 1 aromatic carbocycles. The fraction of sp³-hybridized carbons (Fsp3) is 0.681. The molecule has 68 heavy (non-hydrogen) atoms. The molecule has 3 rings (SSSR count). The van der Waals surface area contributed by atoms with E-state index in [1.807, 2.05) is 20.8 Å². The number of carboxylic acid groups (broad SMARTS) is 1. The van der Waals surface area contributed by atoms with Crippen LogP contribution in [0.25, 0.3) is 0 Å². The number of aromatic hydroxyl groups is 1. The Labute approximate surface area is 398 Å². The molecule has 21 heteroatoms. The first-order valence-electron chi connectivity index (χ1n) is 23.8. The number of nitrogens with zero attached hydrogens (tertiary/aromatic N) is 2. The minimum Gasteiger partial charge on any atom is -0.508 e. The van der Waals surface area contributed by atoms with Crippen LogP contribution in [0.4, 0.5) is 0 Å². The van der Waals surface area contributed by atoms with Crippen molar-refractivity contribution in [3.8, 4) is 5.75 Å². The number of nitrogens with one attached hydrogen (secondary N) is 5. The molecule has 10 N–H and O–H groups in total. The van der Waals surface area contributed by atoms with Crippen LogP contribution in [0.2, 0.25) is 0 Å². The molecule has 2 aliphatic heterocycles. The first kappa shape index (κ1) is 56.5. The van der Waals surface area contributed by atoms with Crippen molar-refractivity contribution in [1.29, 1.82) is 0 Å². The second-order valence-electron chi connectivity index (χ2n) is 18.6. The third-order valence-electron chi connectivity index (χ3n) is 12.2. The van der Waals surface area contributed by atoms with Gasteiger partial charge in [-0.2, -0.15) is 0 Å². The predicted octanol–water partition coefficient (Wildman–Crippen LogP) is 0.717. The number of ether oxygens (including phenoxy) is 1. The number of fused-ring (bicyclic) bond motifs is 2. The third-order valence-corrected chi connectivity index (χ3v) is 12.2. The maximum absolute atomic E-state index is 14.8. The van der Waals surface area contributed by atoms with E-state index in [4.69, 9.17) is 10.5 Å². The number of cyclic esters (lactones) is 1. The molecule has 2 aliphatic rings. The molecule has 2 heterocycles. The Morgan fingerprint density at radius 1 is 0.868 bits per heavy atom. The number of phenols is 1. The summed E-state index contributed by atoms with van der Waals surface area (Å²) in [6.07, 6.45) is -1.24. The average Bonchev–Trinajstić information content (AvgIpc) is 3.27. The molecular formula is C47H74N8O13. The summed E-state index contributed by atoms with van der Waals surface area (Å²) in [5, 5.41) is 43.9. The topological polar surface area (TPSA) is 316 Å². The molecule has 2 fully saturated rings. The lowest BCUT2D eigenvalue weighted by molar-refractivity contribution is -0.166. The summed E-state index contributed by atoms with van der Waals surface area (Å²) in [5.74, 6) is -8.90. The van der Waals surface area contributed by atoms with Crippen molar-refractivity contribution in [2.45, 2.75) is 180 Å². The largest absolute Gasteiger partial charge is 0.508 e. The number of carbonyl (C=O) groups is 9. The number of rotatable bonds is 19. The summed E-state index contributed by atoms with van der Waals surface area (Å²) in [5.41, 5.74) is 6.27. The molecule has 380 valence electrons. The van der Waals surface area contributed by atoms with E-state index in [0.29, 0.717) is 24.8 Å². The number of benzene rings is 1. The lowest BCUT2D eigenvalue weighted by atomic mass is 9.94. The second-order valence-corrected chi connectivity index (χ2v) is 18.6. The van der Waals surface area contributed by atoms with Gasteiger partial charge < -0.3 is 62.2 Å². The molecule has 0 radical (unpaired) electrons. The van der Waals surface area contributed by atoms with E-state index in [9.17, 15) is 58.5 Å². The van der Waals surface area contributed by atoms with Crippen LogP contribution in [0.15, 0.2) is 24.3 Å². The number of nitrogens with two attached hydrogens (primary N) is 1. The monoisotopic (exact) mass is 959 g/mol. The van der Waals surface area contributed by atoms with Crippen LogP contribution in [-0.4, -0.2) is 147 Å². The van der Waals surface area contributed by atoms with Crippen molar-refractivity contribution in [2.24, 2.45) is 17.6 Å². The molecule has 0 spiro atoms. The molecule has 2 saturated heterocycles. The maximum atomic E-state index is 14.8. The van der Waals surface area contributed by atoms with Crippen LogP contribution in [0, 0.1) is 11.8 Å². The van der Waals surface area contributed by atoms with Gasteiger partial charge in [0.15, 0.2) is 0 Å². The zero-order valence-electron chi connectivity index (χ0n) is 40.5. The Hall–Kier alpha value is -5.83. The van der Waals surface area contributed by atoms with Crippen LogP contribution in [0.1, 0.15) is 124 Å². The SMILES string of the molecule is CCCCCC(=O)N[C@@H](CCC(=O)O)C(=O)N[C@@H]1C(=O)N[C@@H](CCCCN)C(=O)N[C@H]2CC[C@H](O)N(C2=O)[C@@H](CC(C)C)C(=O)N(C)[C@@H](Cc2ccc(O)cc2)C(=O)N[C@@H](C(C)C)C(=O)O[C@@H]1C. The van der Waals surface area contributed by atoms with Crippen molar-refractivity contribution in [3.63, 3.8) is 0 Å². The third kappa shape index (κ3) is 16.7. The number of amides is 7. The molecule has 0 unspecified atom stereocenters. The number of unbranched alkanes of at least 4 members (excludes halogenated alkanes) is 3. The quantitative estimate of drug-likeness (QED) is 0.0682. The van der Waals surface area contributed by atoms with Gasteiger partial charge in [-0.3, -0.25) is 38.4 Å². The number of piperidine rings is 1. The smallest absolute Gasteiger partial charge is 0.329 e. The van der Waals surface area contributed by atoms with Gasteiger partial charge in [0.1, 0.15) is 60.4 Å². The average molecular weight is 959 g/mol. The standard InChI is InChI=1S/C47H74N8O13/c1-8-9-10-14-36(57)49-32(20-22-38(59)60)42(62)53-40-28(6)68-47(67)39(27(4)5)52-43(63)34(25-29-15-17-30(56)18-16-29)54(7)46(66)35(24-26(2)3)55-37(58)21-19-33(45(55)65)51-41(61)31(50-44(40)64)13-11-12-23-48/h15-18,26-28,31-35,37,39-40,56,58H,8-14,19-25,48H2,1-7H3,(H,49,57)(H,50,64)(H,51,61)(H,52,63)(H,53,62)(H,59,60)/t28-,31+,32+,33+,34+,35+,37+,39+,40+/m1/s1. The van der Waals surface area contributed by atoms with E-state index < -0.39 is 120 Å². The van der Waals surface area contributed by atoms with Crippen LogP contribution in [-0.2, 0) is 54.3 Å². The fourth-order valence-electron chi connectivity index (χ4n) is 8.19. The summed E-state index contributed by atoms with van der Waals surface area (Å²) in [4.78, 5) is 127. The van der Waals surface area contributed by atoms with E-state index in [-0.39, 0.29) is 63.2 Å². The number of aliphatic carboxylic acids is 1. The first-order valence-corrected chi connectivity index (χ1v) is 23.8. The van der Waals surface area contributed by atoms with E-state index in [2.05, 4.69) is 26.6 Å². The summed E-state index contributed by atoms with van der Waals surface area (Å²) < 4.78 is 5.85. The van der Waals surface area contributed by atoms with E-state index in [1.165, 1.54) is 26.1 Å². The highest BCUT2D eigenvalue weighted by atomic mass is 16.5. The number of phenolic OH excluding ortho intramolecular Hbond substituents is 1. The summed E-state index contributed by atoms with van der Waals surface area (Å²) in [6, 6.07) is -4.06. The second kappa shape index (κ2) is 27.2. The molecule has 7 amide bonds. The number of carbonyl (C=O) groups excluding carboxylic acids is 8. The lowest BCUT2D eigenvalue weighted by Gasteiger charge is -2.43. The van der Waals surface area contributed by atoms with E-state index in [1.54, 1.807) is 26.0 Å². The summed E-state index contributed by atoms with van der Waals surface area (Å²) in [6.45, 7) is 10.3. The Balaban J connectivity index is 2.22. The summed E-state index contributed by atoms with van der Waals surface area (Å²) >= 11 is 0. The fourth-order valence-corrected chi connectivity index (χ4v) is 8.19. The van der Waals surface area contributed by atoms with E-state index >= 15 is 0 Å². The Kier molecular flexibility index (Phi) is 22.6. The van der Waals surface area contributed by atoms with Crippen molar-refractivity contribution >= 4 is 53.3 Å². The van der Waals surface area contributed by atoms with Gasteiger partial charge >= 0.3 is 11.9 Å². The number of likely N-dealkylation sites (N-methyl/N-ethyl adjacent to an activating group) is 1. The predicted molar refractivity (Wildman–Crippen MR) is 248 cm³/mol. The van der Waals surface area contributed by atoms with Crippen LogP contribution < -0.4 is 32.3 Å². The van der Waals surface area contributed by atoms with Gasteiger partial charge in [0.2, 0.25) is 41.4 Å².